The summed E-state index contributed by atoms with van der Waals surface area (Å²) in [6, 6.07) is 13.1. The molecule has 0 aromatic heterocycles. The van der Waals surface area contributed by atoms with Crippen LogP contribution in [0.4, 0.5) is 0 Å². The molecule has 0 spiro atoms. The summed E-state index contributed by atoms with van der Waals surface area (Å²) in [7, 11) is 1.57. The van der Waals surface area contributed by atoms with Crippen LogP contribution in [0.5, 0.6) is 5.75 Å². The Labute approximate surface area is 161 Å². The Morgan fingerprint density at radius 1 is 1.07 bits per heavy atom. The zero-order chi connectivity index (χ0) is 20.0. The molecule has 0 fully saturated rings. The molecule has 2 amide bonds. The first-order chi connectivity index (χ1) is 12.8. The van der Waals surface area contributed by atoms with Crippen LogP contribution in [-0.2, 0) is 16.1 Å². The summed E-state index contributed by atoms with van der Waals surface area (Å²) < 4.78 is 5.69. The van der Waals surface area contributed by atoms with Crippen molar-refractivity contribution in [3.05, 3.63) is 64.7 Å². The maximum absolute atomic E-state index is 12.8. The van der Waals surface area contributed by atoms with Gasteiger partial charge in [0.2, 0.25) is 5.91 Å². The molecule has 2 aromatic carbocycles. The van der Waals surface area contributed by atoms with Crippen LogP contribution in [0.15, 0.2) is 42.5 Å². The van der Waals surface area contributed by atoms with Crippen molar-refractivity contribution in [2.45, 2.75) is 40.3 Å². The minimum Gasteiger partial charge on any atom is -0.484 e. The Balaban J connectivity index is 2.14. The van der Waals surface area contributed by atoms with Gasteiger partial charge in [-0.25, -0.2) is 0 Å². The molecule has 0 heterocycles. The molecule has 0 saturated heterocycles. The number of rotatable bonds is 7. The maximum Gasteiger partial charge on any atom is 0.261 e. The molecule has 0 saturated carbocycles. The van der Waals surface area contributed by atoms with E-state index >= 15 is 0 Å². The van der Waals surface area contributed by atoms with E-state index in [-0.39, 0.29) is 18.4 Å². The molecule has 0 aliphatic rings. The van der Waals surface area contributed by atoms with Gasteiger partial charge in [0.15, 0.2) is 6.61 Å². The van der Waals surface area contributed by atoms with Crippen molar-refractivity contribution >= 4 is 11.8 Å². The van der Waals surface area contributed by atoms with E-state index in [1.165, 1.54) is 5.56 Å². The fourth-order valence-corrected chi connectivity index (χ4v) is 2.83. The van der Waals surface area contributed by atoms with E-state index in [2.05, 4.69) is 5.32 Å². The lowest BCUT2D eigenvalue weighted by molar-refractivity contribution is -0.142. The summed E-state index contributed by atoms with van der Waals surface area (Å²) in [5.74, 6) is 0.211. The second kappa shape index (κ2) is 9.21. The van der Waals surface area contributed by atoms with Crippen molar-refractivity contribution in [2.24, 2.45) is 0 Å². The molecule has 1 N–H and O–H groups in total. The summed E-state index contributed by atoms with van der Waals surface area (Å²) in [5.41, 5.74) is 4.36. The van der Waals surface area contributed by atoms with Crippen LogP contribution in [0.3, 0.4) is 0 Å². The Morgan fingerprint density at radius 3 is 2.44 bits per heavy atom. The summed E-state index contributed by atoms with van der Waals surface area (Å²) in [6.45, 7) is 7.99. The molecule has 1 atom stereocenters. The van der Waals surface area contributed by atoms with Gasteiger partial charge >= 0.3 is 0 Å². The highest BCUT2D eigenvalue weighted by atomic mass is 16.5. The molecule has 1 unspecified atom stereocenters. The Kier molecular flexibility index (Phi) is 6.99. The molecule has 0 aliphatic heterocycles. The molecule has 27 heavy (non-hydrogen) atoms. The van der Waals surface area contributed by atoms with Crippen molar-refractivity contribution in [1.82, 2.24) is 10.2 Å². The van der Waals surface area contributed by atoms with Crippen molar-refractivity contribution in [3.63, 3.8) is 0 Å². The summed E-state index contributed by atoms with van der Waals surface area (Å²) >= 11 is 0. The number of likely N-dealkylation sites (N-methyl/N-ethyl adjacent to an activating group) is 1. The number of carbonyl (C=O) groups excluding carboxylic acids is 2. The lowest BCUT2D eigenvalue weighted by Gasteiger charge is -2.28. The second-order valence-electron chi connectivity index (χ2n) is 6.84. The highest BCUT2D eigenvalue weighted by molar-refractivity contribution is 5.87. The van der Waals surface area contributed by atoms with E-state index in [0.717, 1.165) is 16.7 Å². The van der Waals surface area contributed by atoms with Gasteiger partial charge in [-0.2, -0.15) is 0 Å². The summed E-state index contributed by atoms with van der Waals surface area (Å²) in [4.78, 5) is 26.5. The van der Waals surface area contributed by atoms with E-state index in [1.807, 2.05) is 63.2 Å². The molecular formula is C22H28N2O3. The fraction of sp³-hybridized carbons (Fsp3) is 0.364. The third-order valence-corrected chi connectivity index (χ3v) is 4.69. The van der Waals surface area contributed by atoms with Gasteiger partial charge in [-0.3, -0.25) is 9.59 Å². The highest BCUT2D eigenvalue weighted by Crippen LogP contribution is 2.17. The standard InChI is InChI=1S/C22H28N2O3/c1-15-7-6-8-19(11-15)13-24(18(4)22(26)23-5)21(25)14-27-20-10-9-16(2)17(3)12-20/h6-12,18H,13-14H2,1-5H3,(H,23,26). The molecule has 5 nitrogen and oxygen atoms in total. The van der Waals surface area contributed by atoms with Crippen LogP contribution in [0.25, 0.3) is 0 Å². The zero-order valence-electron chi connectivity index (χ0n) is 16.7. The monoisotopic (exact) mass is 368 g/mol. The smallest absolute Gasteiger partial charge is 0.261 e. The predicted molar refractivity (Wildman–Crippen MR) is 107 cm³/mol. The van der Waals surface area contributed by atoms with Gasteiger partial charge in [0.05, 0.1) is 0 Å². The van der Waals surface area contributed by atoms with Crippen molar-refractivity contribution in [2.75, 3.05) is 13.7 Å². The zero-order valence-corrected chi connectivity index (χ0v) is 16.7. The third kappa shape index (κ3) is 5.58. The van der Waals surface area contributed by atoms with E-state index in [4.69, 9.17) is 4.74 Å². The Bertz CT molecular complexity index is 817. The SMILES string of the molecule is CNC(=O)C(C)N(Cc1cccc(C)c1)C(=O)COc1ccc(C)c(C)c1. The van der Waals surface area contributed by atoms with Crippen LogP contribution < -0.4 is 10.1 Å². The van der Waals surface area contributed by atoms with Gasteiger partial charge in [0.25, 0.3) is 5.91 Å². The lowest BCUT2D eigenvalue weighted by Crippen LogP contribution is -2.48. The molecule has 0 bridgehead atoms. The van der Waals surface area contributed by atoms with Crippen molar-refractivity contribution < 1.29 is 14.3 Å². The average Bonchev–Trinajstić information content (AvgIpc) is 2.65. The summed E-state index contributed by atoms with van der Waals surface area (Å²) in [6.07, 6.45) is 0. The Hall–Kier alpha value is -2.82. The molecule has 2 aromatic rings. The van der Waals surface area contributed by atoms with Crippen molar-refractivity contribution in [3.8, 4) is 5.75 Å². The number of amides is 2. The second-order valence-corrected chi connectivity index (χ2v) is 6.84. The van der Waals surface area contributed by atoms with Gasteiger partial charge in [-0.15, -0.1) is 0 Å². The summed E-state index contributed by atoms with van der Waals surface area (Å²) in [5, 5.41) is 2.61. The van der Waals surface area contributed by atoms with Gasteiger partial charge in [0.1, 0.15) is 11.8 Å². The molecule has 144 valence electrons. The quantitative estimate of drug-likeness (QED) is 0.817. The van der Waals surface area contributed by atoms with Crippen LogP contribution in [0, 0.1) is 20.8 Å². The minimum absolute atomic E-state index is 0.115. The largest absolute Gasteiger partial charge is 0.484 e. The molecule has 0 radical (unpaired) electrons. The minimum atomic E-state index is -0.591. The van der Waals surface area contributed by atoms with Gasteiger partial charge < -0.3 is 15.0 Å². The van der Waals surface area contributed by atoms with Crippen molar-refractivity contribution in [1.29, 1.82) is 0 Å². The molecule has 0 aliphatic carbocycles. The number of aryl methyl sites for hydroxylation is 3. The lowest BCUT2D eigenvalue weighted by atomic mass is 10.1. The normalized spacial score (nSPS) is 11.6. The average molecular weight is 368 g/mol. The van der Waals surface area contributed by atoms with Gasteiger partial charge in [0, 0.05) is 13.6 Å². The van der Waals surface area contributed by atoms with Crippen LogP contribution in [0.2, 0.25) is 0 Å². The van der Waals surface area contributed by atoms with Crippen LogP contribution in [0.1, 0.15) is 29.2 Å². The van der Waals surface area contributed by atoms with E-state index in [0.29, 0.717) is 12.3 Å². The molecular weight excluding hydrogens is 340 g/mol. The van der Waals surface area contributed by atoms with E-state index in [9.17, 15) is 9.59 Å². The van der Waals surface area contributed by atoms with Crippen LogP contribution in [-0.4, -0.2) is 36.4 Å². The maximum atomic E-state index is 12.8. The van der Waals surface area contributed by atoms with E-state index < -0.39 is 6.04 Å². The van der Waals surface area contributed by atoms with E-state index in [1.54, 1.807) is 18.9 Å². The first kappa shape index (κ1) is 20.5. The van der Waals surface area contributed by atoms with Crippen LogP contribution >= 0.6 is 0 Å². The number of benzene rings is 2. The first-order valence-electron chi connectivity index (χ1n) is 9.08. The predicted octanol–water partition coefficient (Wildman–Crippen LogP) is 3.15. The highest BCUT2D eigenvalue weighted by Gasteiger charge is 2.25. The topological polar surface area (TPSA) is 58.6 Å². The number of hydrogen-bond donors (Lipinski definition) is 1. The fourth-order valence-electron chi connectivity index (χ4n) is 2.83. The third-order valence-electron chi connectivity index (χ3n) is 4.69. The number of nitrogens with one attached hydrogen (secondary N) is 1. The number of ether oxygens (including phenoxy) is 1. The first-order valence-corrected chi connectivity index (χ1v) is 9.08. The van der Waals surface area contributed by atoms with Gasteiger partial charge in [-0.1, -0.05) is 35.9 Å². The molecule has 5 heteroatoms. The number of hydrogen-bond acceptors (Lipinski definition) is 3. The Morgan fingerprint density at radius 2 is 1.81 bits per heavy atom. The number of nitrogens with zero attached hydrogens (tertiary/aromatic N) is 1. The van der Waals surface area contributed by atoms with Gasteiger partial charge in [-0.05, 0) is 56.5 Å². The molecule has 2 rings (SSSR count). The number of carbonyl (C=O) groups is 2.